The summed E-state index contributed by atoms with van der Waals surface area (Å²) < 4.78 is 25.2. The third-order valence-electron chi connectivity index (χ3n) is 1.22. The highest BCUT2D eigenvalue weighted by Crippen LogP contribution is 2.32. The molecule has 12 heavy (non-hydrogen) atoms. The fourth-order valence-electron chi connectivity index (χ4n) is 0.728. The molecule has 0 fully saturated rings. The molecule has 1 aromatic heterocycles. The predicted molar refractivity (Wildman–Crippen MR) is 49.0 cm³/mol. The molecular weight excluding hydrogens is 298 g/mol. The van der Waals surface area contributed by atoms with Crippen LogP contribution < -0.4 is 5.73 Å². The molecule has 0 aliphatic rings. The van der Waals surface area contributed by atoms with Crippen molar-refractivity contribution in [1.29, 1.82) is 0 Å². The number of alkyl halides is 2. The number of hydrogen-bond acceptors (Lipinski definition) is 2. The molecule has 0 aliphatic heterocycles. The van der Waals surface area contributed by atoms with Crippen LogP contribution in [-0.4, -0.2) is 4.98 Å². The zero-order valence-corrected chi connectivity index (χ0v) is 8.86. The van der Waals surface area contributed by atoms with Gasteiger partial charge in [-0.1, -0.05) is 15.9 Å². The molecule has 1 heterocycles. The van der Waals surface area contributed by atoms with E-state index >= 15 is 0 Å². The van der Waals surface area contributed by atoms with Crippen LogP contribution in [0.1, 0.15) is 12.0 Å². The summed E-state index contributed by atoms with van der Waals surface area (Å²) in [5.41, 5.74) is 5.01. The van der Waals surface area contributed by atoms with E-state index < -0.39 is 6.43 Å². The van der Waals surface area contributed by atoms with E-state index in [1.165, 1.54) is 6.07 Å². The highest BCUT2D eigenvalue weighted by molar-refractivity contribution is 9.11. The molecular formula is C6H4Br2F2N2. The third kappa shape index (κ3) is 1.92. The molecule has 0 radical (unpaired) electrons. The Morgan fingerprint density at radius 2 is 2.00 bits per heavy atom. The monoisotopic (exact) mass is 300 g/mol. The van der Waals surface area contributed by atoms with Crippen molar-refractivity contribution in [2.45, 2.75) is 6.43 Å². The number of pyridine rings is 1. The zero-order chi connectivity index (χ0) is 9.30. The smallest absolute Gasteiger partial charge is 0.268 e. The molecule has 0 unspecified atom stereocenters. The van der Waals surface area contributed by atoms with E-state index in [1.54, 1.807) is 0 Å². The fraction of sp³-hybridized carbons (Fsp3) is 0.167. The predicted octanol–water partition coefficient (Wildman–Crippen LogP) is 3.13. The quantitative estimate of drug-likeness (QED) is 0.810. The molecule has 0 saturated heterocycles. The maximum Gasteiger partial charge on any atom is 0.268 e. The maximum absolute atomic E-state index is 12.3. The van der Waals surface area contributed by atoms with Crippen LogP contribution in [0.3, 0.4) is 0 Å². The van der Waals surface area contributed by atoms with Gasteiger partial charge in [0.05, 0.1) is 5.56 Å². The van der Waals surface area contributed by atoms with Crippen molar-refractivity contribution in [2.24, 2.45) is 0 Å². The standard InChI is InChI=1S/C6H4Br2F2N2/c7-2-1-3(8)12-6(11)4(2)5(9)10/h1,5H,(H2,11,12). The van der Waals surface area contributed by atoms with Crippen LogP contribution in [0.2, 0.25) is 0 Å². The van der Waals surface area contributed by atoms with Crippen LogP contribution in [0.15, 0.2) is 15.1 Å². The van der Waals surface area contributed by atoms with Gasteiger partial charge in [-0.2, -0.15) is 0 Å². The van der Waals surface area contributed by atoms with Crippen molar-refractivity contribution in [2.75, 3.05) is 5.73 Å². The van der Waals surface area contributed by atoms with Crippen LogP contribution in [0, 0.1) is 0 Å². The van der Waals surface area contributed by atoms with E-state index in [0.717, 1.165) is 0 Å². The summed E-state index contributed by atoms with van der Waals surface area (Å²) in [5.74, 6) is -0.161. The summed E-state index contributed by atoms with van der Waals surface area (Å²) in [6.45, 7) is 0. The minimum atomic E-state index is -2.61. The Hall–Kier alpha value is -0.230. The van der Waals surface area contributed by atoms with Gasteiger partial charge in [0.1, 0.15) is 10.4 Å². The summed E-state index contributed by atoms with van der Waals surface area (Å²) in [7, 11) is 0. The van der Waals surface area contributed by atoms with Crippen molar-refractivity contribution in [1.82, 2.24) is 4.98 Å². The third-order valence-corrected chi connectivity index (χ3v) is 2.29. The first-order valence-corrected chi connectivity index (χ1v) is 4.50. The van der Waals surface area contributed by atoms with E-state index in [-0.39, 0.29) is 15.9 Å². The minimum Gasteiger partial charge on any atom is -0.383 e. The van der Waals surface area contributed by atoms with E-state index in [4.69, 9.17) is 5.73 Å². The van der Waals surface area contributed by atoms with Crippen molar-refractivity contribution >= 4 is 37.7 Å². The molecule has 0 atom stereocenters. The van der Waals surface area contributed by atoms with Gasteiger partial charge in [0.15, 0.2) is 0 Å². The summed E-state index contributed by atoms with van der Waals surface area (Å²) in [4.78, 5) is 3.64. The van der Waals surface area contributed by atoms with Gasteiger partial charge in [0, 0.05) is 4.47 Å². The Morgan fingerprint density at radius 1 is 1.42 bits per heavy atom. The molecule has 2 nitrogen and oxygen atoms in total. The van der Waals surface area contributed by atoms with Gasteiger partial charge in [0.25, 0.3) is 6.43 Å². The molecule has 0 bridgehead atoms. The van der Waals surface area contributed by atoms with Crippen molar-refractivity contribution in [3.05, 3.63) is 20.7 Å². The molecule has 66 valence electrons. The Kier molecular flexibility index (Phi) is 3.00. The average Bonchev–Trinajstić information content (AvgIpc) is 1.82. The number of halogens is 4. The summed E-state index contributed by atoms with van der Waals surface area (Å²) in [5, 5.41) is 0. The fourth-order valence-corrected chi connectivity index (χ4v) is 2.05. The van der Waals surface area contributed by atoms with E-state index in [9.17, 15) is 8.78 Å². The Bertz CT molecular complexity index is 281. The van der Waals surface area contributed by atoms with E-state index in [2.05, 4.69) is 36.8 Å². The second-order valence-corrected chi connectivity index (χ2v) is 3.69. The van der Waals surface area contributed by atoms with Gasteiger partial charge < -0.3 is 5.73 Å². The van der Waals surface area contributed by atoms with Gasteiger partial charge in [-0.25, -0.2) is 13.8 Å². The number of anilines is 1. The zero-order valence-electron chi connectivity index (χ0n) is 5.69. The number of aromatic nitrogens is 1. The largest absolute Gasteiger partial charge is 0.383 e. The number of nitrogens with two attached hydrogens (primary N) is 1. The SMILES string of the molecule is Nc1nc(Br)cc(Br)c1C(F)F. The van der Waals surface area contributed by atoms with Gasteiger partial charge in [-0.15, -0.1) is 0 Å². The highest BCUT2D eigenvalue weighted by Gasteiger charge is 2.16. The lowest BCUT2D eigenvalue weighted by molar-refractivity contribution is 0.151. The van der Waals surface area contributed by atoms with Crippen LogP contribution in [-0.2, 0) is 0 Å². The first kappa shape index (κ1) is 9.85. The number of nitrogen functional groups attached to an aromatic ring is 1. The minimum absolute atomic E-state index is 0.161. The molecule has 0 saturated carbocycles. The molecule has 1 rings (SSSR count). The maximum atomic E-state index is 12.3. The van der Waals surface area contributed by atoms with Crippen LogP contribution in [0.25, 0.3) is 0 Å². The first-order valence-electron chi connectivity index (χ1n) is 2.92. The van der Waals surface area contributed by atoms with Crippen molar-refractivity contribution in [3.8, 4) is 0 Å². The van der Waals surface area contributed by atoms with Crippen LogP contribution in [0.4, 0.5) is 14.6 Å². The number of nitrogens with zero attached hydrogens (tertiary/aromatic N) is 1. The molecule has 0 amide bonds. The second kappa shape index (κ2) is 3.66. The number of hydrogen-bond donors (Lipinski definition) is 1. The van der Waals surface area contributed by atoms with E-state index in [0.29, 0.717) is 4.60 Å². The summed E-state index contributed by atoms with van der Waals surface area (Å²) in [6.07, 6.45) is -2.61. The highest BCUT2D eigenvalue weighted by atomic mass is 79.9. The molecule has 1 aromatic rings. The summed E-state index contributed by atoms with van der Waals surface area (Å²) in [6, 6.07) is 1.43. The molecule has 0 spiro atoms. The van der Waals surface area contributed by atoms with Crippen LogP contribution in [0.5, 0.6) is 0 Å². The number of rotatable bonds is 1. The van der Waals surface area contributed by atoms with E-state index in [1.807, 2.05) is 0 Å². The van der Waals surface area contributed by atoms with Gasteiger partial charge in [0.2, 0.25) is 0 Å². The van der Waals surface area contributed by atoms with Crippen molar-refractivity contribution in [3.63, 3.8) is 0 Å². The lowest BCUT2D eigenvalue weighted by atomic mass is 10.3. The Balaban J connectivity index is 3.28. The topological polar surface area (TPSA) is 38.9 Å². The lowest BCUT2D eigenvalue weighted by Crippen LogP contribution is -1.99. The summed E-state index contributed by atoms with van der Waals surface area (Å²) >= 11 is 6.00. The lowest BCUT2D eigenvalue weighted by Gasteiger charge is -2.06. The average molecular weight is 302 g/mol. The molecule has 2 N–H and O–H groups in total. The van der Waals surface area contributed by atoms with Gasteiger partial charge in [-0.3, -0.25) is 0 Å². The first-order chi connectivity index (χ1) is 5.52. The van der Waals surface area contributed by atoms with Crippen LogP contribution >= 0.6 is 31.9 Å². The molecule has 0 aromatic carbocycles. The molecule has 6 heteroatoms. The van der Waals surface area contributed by atoms with Crippen molar-refractivity contribution < 1.29 is 8.78 Å². The Morgan fingerprint density at radius 3 is 2.42 bits per heavy atom. The van der Waals surface area contributed by atoms with Gasteiger partial charge >= 0.3 is 0 Å². The normalized spacial score (nSPS) is 10.8. The Labute approximate surface area is 84.4 Å². The van der Waals surface area contributed by atoms with Gasteiger partial charge in [-0.05, 0) is 22.0 Å². The second-order valence-electron chi connectivity index (χ2n) is 2.03. The molecule has 0 aliphatic carbocycles.